The molecule has 6 atom stereocenters. The summed E-state index contributed by atoms with van der Waals surface area (Å²) in [7, 11) is -2.03. The molecule has 2 unspecified atom stereocenters. The Bertz CT molecular complexity index is 335. The Labute approximate surface area is 134 Å². The monoisotopic (exact) mass is 326 g/mol. The van der Waals surface area contributed by atoms with Gasteiger partial charge in [0, 0.05) is 22.6 Å². The summed E-state index contributed by atoms with van der Waals surface area (Å²) in [5, 5.41) is 0. The molecule has 0 N–H and O–H groups in total. The van der Waals surface area contributed by atoms with Crippen LogP contribution in [0.3, 0.4) is 0 Å². The van der Waals surface area contributed by atoms with Crippen LogP contribution in [0.25, 0.3) is 0 Å². The quantitative estimate of drug-likeness (QED) is 0.393. The zero-order chi connectivity index (χ0) is 15.4. The molecule has 1 saturated carbocycles. The van der Waals surface area contributed by atoms with Crippen LogP contribution in [0.5, 0.6) is 0 Å². The van der Waals surface area contributed by atoms with Crippen molar-refractivity contribution in [2.24, 2.45) is 0 Å². The molecule has 0 aromatic carbocycles. The molecule has 2 aliphatic heterocycles. The van der Waals surface area contributed by atoms with Gasteiger partial charge in [-0.3, -0.25) is 0 Å². The minimum Gasteiger partial charge on any atom is -0.179 e. The molecule has 0 aromatic heterocycles. The lowest BCUT2D eigenvalue weighted by molar-refractivity contribution is 0.777. The van der Waals surface area contributed by atoms with E-state index in [0.29, 0.717) is 0 Å². The summed E-state index contributed by atoms with van der Waals surface area (Å²) in [6, 6.07) is 0. The summed E-state index contributed by atoms with van der Waals surface area (Å²) in [6.07, 6.45) is 10.3. The van der Waals surface area contributed by atoms with Crippen molar-refractivity contribution < 1.29 is 0 Å². The Kier molecular flexibility index (Phi) is 4.57. The zero-order valence-electron chi connectivity index (χ0n) is 14.7. The first-order valence-electron chi connectivity index (χ1n) is 9.27. The van der Waals surface area contributed by atoms with Crippen molar-refractivity contribution in [2.45, 2.75) is 107 Å². The van der Waals surface area contributed by atoms with Gasteiger partial charge in [0.1, 0.15) is 0 Å². The fourth-order valence-corrected chi connectivity index (χ4v) is 17.4. The van der Waals surface area contributed by atoms with Crippen molar-refractivity contribution in [3.05, 3.63) is 13.3 Å². The number of rotatable bonds is 2. The lowest BCUT2D eigenvalue weighted by Crippen LogP contribution is -2.33. The molecule has 0 aromatic rings. The molecule has 122 valence electrons. The second kappa shape index (κ2) is 5.74. The molecule has 0 radical (unpaired) electrons. The summed E-state index contributed by atoms with van der Waals surface area (Å²) in [4.78, 5) is 0. The van der Waals surface area contributed by atoms with E-state index in [1.165, 1.54) is 44.9 Å². The molecule has 2 saturated heterocycles. The standard InChI is InChI=1S/C19H36P2/c1-14-10-11-15(2)20(14,5)18-8-7-9-19(18)21(6)16(3)12-13-17(21)4/h14-19H,5-13H2,1-4H3/t14-,15-,16-,17-,18?,19?/m0/s1. The third kappa shape index (κ3) is 2.30. The van der Waals surface area contributed by atoms with E-state index in [1.54, 1.807) is 0 Å². The first-order valence-corrected chi connectivity index (χ1v) is 13.6. The molecule has 3 rings (SSSR count). The second-order valence-electron chi connectivity index (χ2n) is 8.61. The molecular weight excluding hydrogens is 290 g/mol. The van der Waals surface area contributed by atoms with Crippen molar-refractivity contribution in [1.29, 1.82) is 0 Å². The molecule has 0 bridgehead atoms. The van der Waals surface area contributed by atoms with Crippen molar-refractivity contribution in [1.82, 2.24) is 0 Å². The van der Waals surface area contributed by atoms with E-state index in [2.05, 4.69) is 27.7 Å². The van der Waals surface area contributed by atoms with E-state index >= 15 is 0 Å². The third-order valence-electron chi connectivity index (χ3n) is 7.97. The van der Waals surface area contributed by atoms with Crippen LogP contribution in [-0.2, 0) is 0 Å². The lowest BCUT2D eigenvalue weighted by atomic mass is 10.2. The molecule has 3 fully saturated rings. The third-order valence-corrected chi connectivity index (χ3v) is 19.5. The van der Waals surface area contributed by atoms with Gasteiger partial charge in [0.2, 0.25) is 0 Å². The number of hydrogen-bond donors (Lipinski definition) is 0. The fourth-order valence-electron chi connectivity index (χ4n) is 6.14. The van der Waals surface area contributed by atoms with Gasteiger partial charge in [0.15, 0.2) is 0 Å². The van der Waals surface area contributed by atoms with Gasteiger partial charge in [0.25, 0.3) is 0 Å². The smallest absolute Gasteiger partial charge is 0.0772 e. The SMILES string of the molecule is [CH2-][P+]1(C2CCCC2[P+]2([CH2-])[C@@H](C)CC[C@@H]2C)[C@@H](C)CC[C@@H]1C. The van der Waals surface area contributed by atoms with Gasteiger partial charge in [-0.25, -0.2) is 0 Å². The van der Waals surface area contributed by atoms with E-state index < -0.39 is 14.5 Å². The van der Waals surface area contributed by atoms with Gasteiger partial charge >= 0.3 is 0 Å². The van der Waals surface area contributed by atoms with Gasteiger partial charge in [-0.15, -0.1) is 14.5 Å². The molecule has 1 aliphatic carbocycles. The predicted molar refractivity (Wildman–Crippen MR) is 102 cm³/mol. The summed E-state index contributed by atoms with van der Waals surface area (Å²) in [6.45, 7) is 20.2. The maximum atomic E-state index is 5.02. The first-order chi connectivity index (χ1) is 9.82. The highest BCUT2D eigenvalue weighted by molar-refractivity contribution is 7.83. The molecule has 3 aliphatic rings. The Balaban J connectivity index is 1.93. The highest BCUT2D eigenvalue weighted by Crippen LogP contribution is 2.85. The normalized spacial score (nSPS) is 48.9. The van der Waals surface area contributed by atoms with Crippen LogP contribution in [0, 0.1) is 13.3 Å². The Hall–Kier alpha value is 0.860. The van der Waals surface area contributed by atoms with E-state index in [0.717, 1.165) is 34.0 Å². The van der Waals surface area contributed by atoms with Crippen LogP contribution in [0.1, 0.15) is 72.6 Å². The maximum Gasteiger partial charge on any atom is 0.0772 e. The average molecular weight is 326 g/mol. The van der Waals surface area contributed by atoms with Crippen molar-refractivity contribution >= 4 is 14.5 Å². The predicted octanol–water partition coefficient (Wildman–Crippen LogP) is 6.67. The van der Waals surface area contributed by atoms with E-state index in [-0.39, 0.29) is 0 Å². The summed E-state index contributed by atoms with van der Waals surface area (Å²) < 4.78 is 0. The van der Waals surface area contributed by atoms with Crippen LogP contribution in [-0.4, -0.2) is 34.0 Å². The highest BCUT2D eigenvalue weighted by Gasteiger charge is 2.60. The Morgan fingerprint density at radius 3 is 1.14 bits per heavy atom. The van der Waals surface area contributed by atoms with E-state index in [4.69, 9.17) is 13.3 Å². The average Bonchev–Trinajstić information content (AvgIpc) is 3.11. The molecule has 2 heteroatoms. The first kappa shape index (κ1) is 16.7. The molecule has 21 heavy (non-hydrogen) atoms. The van der Waals surface area contributed by atoms with E-state index in [1.807, 2.05) is 0 Å². The zero-order valence-corrected chi connectivity index (χ0v) is 16.5. The van der Waals surface area contributed by atoms with Crippen LogP contribution >= 0.6 is 14.5 Å². The molecule has 0 nitrogen and oxygen atoms in total. The minimum atomic E-state index is -1.02. The molecule has 0 spiro atoms. The van der Waals surface area contributed by atoms with E-state index in [9.17, 15) is 0 Å². The Morgan fingerprint density at radius 2 is 0.857 bits per heavy atom. The topological polar surface area (TPSA) is 0 Å². The molecule has 0 amide bonds. The maximum absolute atomic E-state index is 5.02. The minimum absolute atomic E-state index is 0.929. The second-order valence-corrected chi connectivity index (χ2v) is 17.4. The molecule has 2 heterocycles. The van der Waals surface area contributed by atoms with Crippen LogP contribution in [0.4, 0.5) is 0 Å². The lowest BCUT2D eigenvalue weighted by Gasteiger charge is -2.49. The van der Waals surface area contributed by atoms with Gasteiger partial charge in [0.05, 0.1) is 11.3 Å². The van der Waals surface area contributed by atoms with Crippen LogP contribution in [0.2, 0.25) is 0 Å². The van der Waals surface area contributed by atoms with Gasteiger partial charge < -0.3 is 0 Å². The van der Waals surface area contributed by atoms with Gasteiger partial charge in [-0.05, 0) is 72.6 Å². The number of hydrogen-bond acceptors (Lipinski definition) is 0. The molecular formula is C19H36P2. The Morgan fingerprint density at radius 1 is 0.571 bits per heavy atom. The van der Waals surface area contributed by atoms with Crippen LogP contribution < -0.4 is 0 Å². The highest BCUT2D eigenvalue weighted by atomic mass is 31.2. The van der Waals surface area contributed by atoms with Crippen molar-refractivity contribution in [3.8, 4) is 0 Å². The van der Waals surface area contributed by atoms with Crippen LogP contribution in [0.15, 0.2) is 0 Å². The summed E-state index contributed by atoms with van der Waals surface area (Å²) >= 11 is 0. The van der Waals surface area contributed by atoms with Crippen molar-refractivity contribution in [2.75, 3.05) is 0 Å². The van der Waals surface area contributed by atoms with Gasteiger partial charge in [-0.1, -0.05) is 0 Å². The summed E-state index contributed by atoms with van der Waals surface area (Å²) in [5.74, 6) is 0. The largest absolute Gasteiger partial charge is 0.179 e. The van der Waals surface area contributed by atoms with Gasteiger partial charge in [-0.2, -0.15) is 13.3 Å². The fraction of sp³-hybridized carbons (Fsp3) is 0.895. The summed E-state index contributed by atoms with van der Waals surface area (Å²) in [5.41, 5.74) is 5.68. The van der Waals surface area contributed by atoms with Crippen molar-refractivity contribution in [3.63, 3.8) is 0 Å².